The summed E-state index contributed by atoms with van der Waals surface area (Å²) in [7, 11) is 0. The molecule has 2 aromatic carbocycles. The molecule has 2 amide bonds. The van der Waals surface area contributed by atoms with Crippen LogP contribution in [0.5, 0.6) is 0 Å². The van der Waals surface area contributed by atoms with Crippen LogP contribution >= 0.6 is 27.7 Å². The molecule has 2 heterocycles. The van der Waals surface area contributed by atoms with Crippen molar-refractivity contribution in [2.24, 2.45) is 0 Å². The van der Waals surface area contributed by atoms with Gasteiger partial charge in [-0.05, 0) is 59.8 Å². The first-order chi connectivity index (χ1) is 14.1. The quantitative estimate of drug-likeness (QED) is 0.489. The summed E-state index contributed by atoms with van der Waals surface area (Å²) >= 11 is 4.38. The molecular formula is C22H14BrN3O2S. The third-order valence-electron chi connectivity index (χ3n) is 4.49. The minimum atomic E-state index is -0.352. The molecule has 0 radical (unpaired) electrons. The highest BCUT2D eigenvalue weighted by Crippen LogP contribution is 2.34. The fourth-order valence-corrected chi connectivity index (χ4v) is 4.29. The lowest BCUT2D eigenvalue weighted by atomic mass is 10.1. The maximum Gasteiger partial charge on any atom is 0.293 e. The minimum absolute atomic E-state index is 0.0817. The second-order valence-corrected chi connectivity index (χ2v) is 8.23. The van der Waals surface area contributed by atoms with E-state index in [9.17, 15) is 14.9 Å². The van der Waals surface area contributed by atoms with Crippen LogP contribution in [0.2, 0.25) is 0 Å². The van der Waals surface area contributed by atoms with Crippen molar-refractivity contribution in [2.45, 2.75) is 6.54 Å². The topological polar surface area (TPSA) is 66.1 Å². The molecule has 29 heavy (non-hydrogen) atoms. The first-order valence-electron chi connectivity index (χ1n) is 8.73. The highest BCUT2D eigenvalue weighted by Gasteiger charge is 2.35. The molecule has 1 aliphatic rings. The van der Waals surface area contributed by atoms with E-state index < -0.39 is 0 Å². The zero-order valence-corrected chi connectivity index (χ0v) is 17.5. The lowest BCUT2D eigenvalue weighted by Gasteiger charge is -2.13. The molecule has 0 spiro atoms. The van der Waals surface area contributed by atoms with Crippen molar-refractivity contribution in [1.29, 1.82) is 5.26 Å². The Labute approximate surface area is 180 Å². The fraction of sp³-hybridized carbons (Fsp3) is 0.0455. The standard InChI is InChI=1S/C22H14BrN3O2S/c23-17-7-3-8-18(11-17)25-10-4-9-19(25)12-20-21(27)26(22(28)29-20)14-16-6-2-1-5-15(16)13-24/h1-12H,14H2/b20-12+. The number of halogens is 1. The van der Waals surface area contributed by atoms with Crippen LogP contribution in [0.1, 0.15) is 16.8 Å². The SMILES string of the molecule is N#Cc1ccccc1CN1C(=O)S/C(=C/c2cccn2-c2cccc(Br)c2)C1=O. The predicted molar refractivity (Wildman–Crippen MR) is 116 cm³/mol. The van der Waals surface area contributed by atoms with Crippen LogP contribution in [0.15, 0.2) is 76.2 Å². The van der Waals surface area contributed by atoms with Gasteiger partial charge in [0.2, 0.25) is 0 Å². The zero-order chi connectivity index (χ0) is 20.4. The Bertz CT molecular complexity index is 1190. The molecule has 1 aliphatic heterocycles. The molecule has 1 saturated heterocycles. The molecular weight excluding hydrogens is 450 g/mol. The largest absolute Gasteiger partial charge is 0.317 e. The van der Waals surface area contributed by atoms with Gasteiger partial charge in [0.05, 0.1) is 23.1 Å². The number of aromatic nitrogens is 1. The summed E-state index contributed by atoms with van der Waals surface area (Å²) < 4.78 is 2.90. The zero-order valence-electron chi connectivity index (χ0n) is 15.1. The summed E-state index contributed by atoms with van der Waals surface area (Å²) in [6.07, 6.45) is 3.63. The van der Waals surface area contributed by atoms with Crippen molar-refractivity contribution in [3.8, 4) is 11.8 Å². The van der Waals surface area contributed by atoms with E-state index in [2.05, 4.69) is 22.0 Å². The number of carbonyl (C=O) groups excluding carboxylic acids is 2. The molecule has 7 heteroatoms. The summed E-state index contributed by atoms with van der Waals surface area (Å²) in [6, 6.07) is 20.7. The molecule has 3 aromatic rings. The molecule has 1 aromatic heterocycles. The summed E-state index contributed by atoms with van der Waals surface area (Å²) in [5.41, 5.74) is 2.85. The Morgan fingerprint density at radius 1 is 1.07 bits per heavy atom. The average Bonchev–Trinajstić information content (AvgIpc) is 3.28. The summed E-state index contributed by atoms with van der Waals surface area (Å²) in [6.45, 7) is 0.0817. The second kappa shape index (κ2) is 8.11. The number of carbonyl (C=O) groups is 2. The van der Waals surface area contributed by atoms with Crippen molar-refractivity contribution in [1.82, 2.24) is 9.47 Å². The van der Waals surface area contributed by atoms with Gasteiger partial charge in [-0.3, -0.25) is 14.5 Å². The monoisotopic (exact) mass is 463 g/mol. The number of thioether (sulfide) groups is 1. The number of hydrogen-bond donors (Lipinski definition) is 0. The highest BCUT2D eigenvalue weighted by atomic mass is 79.9. The fourth-order valence-electron chi connectivity index (χ4n) is 3.08. The van der Waals surface area contributed by atoms with Crippen LogP contribution in [0.3, 0.4) is 0 Å². The Kier molecular flexibility index (Phi) is 5.38. The van der Waals surface area contributed by atoms with Gasteiger partial charge < -0.3 is 4.57 Å². The van der Waals surface area contributed by atoms with Gasteiger partial charge in [-0.15, -0.1) is 0 Å². The van der Waals surface area contributed by atoms with E-state index in [0.717, 1.165) is 27.6 Å². The number of benzene rings is 2. The molecule has 0 N–H and O–H groups in total. The number of hydrogen-bond acceptors (Lipinski definition) is 4. The maximum atomic E-state index is 12.9. The number of nitrogens with zero attached hydrogens (tertiary/aromatic N) is 3. The van der Waals surface area contributed by atoms with Gasteiger partial charge >= 0.3 is 0 Å². The molecule has 0 unspecified atom stereocenters. The van der Waals surface area contributed by atoms with Gasteiger partial charge in [-0.2, -0.15) is 5.26 Å². The maximum absolute atomic E-state index is 12.9. The van der Waals surface area contributed by atoms with E-state index in [-0.39, 0.29) is 17.7 Å². The van der Waals surface area contributed by atoms with Crippen LogP contribution in [0, 0.1) is 11.3 Å². The van der Waals surface area contributed by atoms with Crippen LogP contribution in [0.4, 0.5) is 4.79 Å². The van der Waals surface area contributed by atoms with Gasteiger partial charge in [-0.25, -0.2) is 0 Å². The van der Waals surface area contributed by atoms with E-state index in [4.69, 9.17) is 0 Å². The predicted octanol–water partition coefficient (Wildman–Crippen LogP) is 5.35. The second-order valence-electron chi connectivity index (χ2n) is 6.32. The third-order valence-corrected chi connectivity index (χ3v) is 5.89. The highest BCUT2D eigenvalue weighted by molar-refractivity contribution is 9.10. The first kappa shape index (κ1) is 19.2. The van der Waals surface area contributed by atoms with Crippen molar-refractivity contribution in [3.05, 3.63) is 93.1 Å². The molecule has 4 rings (SSSR count). The van der Waals surface area contributed by atoms with Gasteiger partial charge in [0.25, 0.3) is 11.1 Å². The van der Waals surface area contributed by atoms with Gasteiger partial charge in [-0.1, -0.05) is 40.2 Å². The molecule has 0 bridgehead atoms. The van der Waals surface area contributed by atoms with E-state index in [0.29, 0.717) is 16.0 Å². The number of imide groups is 1. The van der Waals surface area contributed by atoms with Crippen molar-refractivity contribution in [2.75, 3.05) is 0 Å². The Morgan fingerprint density at radius 3 is 2.69 bits per heavy atom. The molecule has 0 saturated carbocycles. The van der Waals surface area contributed by atoms with E-state index >= 15 is 0 Å². The lowest BCUT2D eigenvalue weighted by molar-refractivity contribution is -0.123. The lowest BCUT2D eigenvalue weighted by Crippen LogP contribution is -2.27. The van der Waals surface area contributed by atoms with Crippen molar-refractivity contribution >= 4 is 44.9 Å². The minimum Gasteiger partial charge on any atom is -0.317 e. The molecule has 0 aliphatic carbocycles. The van der Waals surface area contributed by atoms with Crippen molar-refractivity contribution in [3.63, 3.8) is 0 Å². The van der Waals surface area contributed by atoms with E-state index in [1.54, 1.807) is 30.3 Å². The van der Waals surface area contributed by atoms with Gasteiger partial charge in [0.1, 0.15) is 0 Å². The van der Waals surface area contributed by atoms with Crippen LogP contribution < -0.4 is 0 Å². The molecule has 142 valence electrons. The van der Waals surface area contributed by atoms with Crippen LogP contribution in [-0.4, -0.2) is 20.6 Å². The molecule has 0 atom stereocenters. The van der Waals surface area contributed by atoms with E-state index in [1.165, 1.54) is 4.90 Å². The summed E-state index contributed by atoms with van der Waals surface area (Å²) in [4.78, 5) is 26.9. The van der Waals surface area contributed by atoms with E-state index in [1.807, 2.05) is 47.2 Å². The smallest absolute Gasteiger partial charge is 0.293 e. The first-order valence-corrected chi connectivity index (χ1v) is 10.3. The summed E-state index contributed by atoms with van der Waals surface area (Å²) in [5.74, 6) is -0.352. The van der Waals surface area contributed by atoms with Crippen molar-refractivity contribution < 1.29 is 9.59 Å². The Hall–Kier alpha value is -3.08. The van der Waals surface area contributed by atoms with Gasteiger partial charge in [0.15, 0.2) is 0 Å². The third kappa shape index (κ3) is 3.90. The average molecular weight is 464 g/mol. The van der Waals surface area contributed by atoms with Gasteiger partial charge in [0, 0.05) is 22.1 Å². The summed E-state index contributed by atoms with van der Waals surface area (Å²) in [5, 5.41) is 8.91. The normalized spacial score (nSPS) is 15.2. The Morgan fingerprint density at radius 2 is 1.90 bits per heavy atom. The molecule has 5 nitrogen and oxygen atoms in total. The molecule has 1 fully saturated rings. The van der Waals surface area contributed by atoms with Crippen LogP contribution in [0.25, 0.3) is 11.8 Å². The van der Waals surface area contributed by atoms with Crippen LogP contribution in [-0.2, 0) is 11.3 Å². The number of rotatable bonds is 4. The Balaban J connectivity index is 1.63. The number of nitriles is 1. The number of amides is 2.